The quantitative estimate of drug-likeness (QED) is 0.836. The van der Waals surface area contributed by atoms with Crippen LogP contribution in [0, 0.1) is 5.82 Å². The van der Waals surface area contributed by atoms with Crippen molar-refractivity contribution in [2.45, 2.75) is 0 Å². The van der Waals surface area contributed by atoms with Crippen LogP contribution in [-0.4, -0.2) is 17.3 Å². The minimum Gasteiger partial charge on any atom is -0.496 e. The number of methoxy groups -OCH3 is 1. The average Bonchev–Trinajstić information content (AvgIpc) is 2.29. The van der Waals surface area contributed by atoms with E-state index >= 15 is 0 Å². The molecule has 1 heterocycles. The number of benzene rings is 1. The van der Waals surface area contributed by atoms with Gasteiger partial charge in [-0.25, -0.2) is 9.49 Å². The van der Waals surface area contributed by atoms with Crippen LogP contribution in [0.1, 0.15) is 0 Å². The summed E-state index contributed by atoms with van der Waals surface area (Å²) in [7, 11) is 1.48. The monoisotopic (exact) mass is 220 g/mol. The predicted molar refractivity (Wildman–Crippen MR) is 56.8 cm³/mol. The first-order chi connectivity index (χ1) is 7.70. The van der Waals surface area contributed by atoms with E-state index in [1.807, 2.05) is 0 Å². The summed E-state index contributed by atoms with van der Waals surface area (Å²) in [6.07, 6.45) is 1.44. The summed E-state index contributed by atoms with van der Waals surface area (Å²) in [5.41, 5.74) is 0.671. The maximum absolute atomic E-state index is 13.1. The molecule has 0 saturated carbocycles. The lowest BCUT2D eigenvalue weighted by Crippen LogP contribution is -2.05. The Morgan fingerprint density at radius 3 is 2.88 bits per heavy atom. The van der Waals surface area contributed by atoms with Crippen LogP contribution in [0.5, 0.6) is 5.75 Å². The molecule has 0 spiro atoms. The van der Waals surface area contributed by atoms with E-state index in [2.05, 4.69) is 10.2 Å². The van der Waals surface area contributed by atoms with E-state index in [4.69, 9.17) is 4.74 Å². The second kappa shape index (κ2) is 4.14. The largest absolute Gasteiger partial charge is 0.496 e. The number of nitrogens with zero attached hydrogens (tertiary/aromatic N) is 1. The van der Waals surface area contributed by atoms with Gasteiger partial charge >= 0.3 is 0 Å². The van der Waals surface area contributed by atoms with Gasteiger partial charge in [-0.2, -0.15) is 5.10 Å². The third-order valence-electron chi connectivity index (χ3n) is 2.14. The van der Waals surface area contributed by atoms with Gasteiger partial charge in [-0.1, -0.05) is 0 Å². The first-order valence-corrected chi connectivity index (χ1v) is 4.59. The molecule has 5 heteroatoms. The standard InChI is InChI=1S/C11H9FN2O2/c1-16-10-3-2-8(12)5-9(10)7-4-11(15)14-13-6-7/h2-6H,1H3,(H,14,15). The van der Waals surface area contributed by atoms with E-state index in [0.717, 1.165) is 0 Å². The van der Waals surface area contributed by atoms with Gasteiger partial charge in [0.25, 0.3) is 5.56 Å². The molecule has 0 aliphatic heterocycles. The van der Waals surface area contributed by atoms with E-state index in [0.29, 0.717) is 16.9 Å². The molecule has 0 fully saturated rings. The highest BCUT2D eigenvalue weighted by Crippen LogP contribution is 2.28. The zero-order valence-electron chi connectivity index (χ0n) is 8.53. The molecule has 16 heavy (non-hydrogen) atoms. The van der Waals surface area contributed by atoms with Crippen LogP contribution in [0.3, 0.4) is 0 Å². The lowest BCUT2D eigenvalue weighted by atomic mass is 10.1. The van der Waals surface area contributed by atoms with Crippen molar-refractivity contribution in [1.82, 2.24) is 10.2 Å². The van der Waals surface area contributed by atoms with Gasteiger partial charge in [-0.15, -0.1) is 0 Å². The van der Waals surface area contributed by atoms with Gasteiger partial charge in [0.05, 0.1) is 13.3 Å². The summed E-state index contributed by atoms with van der Waals surface area (Å²) in [4.78, 5) is 11.1. The van der Waals surface area contributed by atoms with E-state index in [1.54, 1.807) is 0 Å². The highest BCUT2D eigenvalue weighted by Gasteiger charge is 2.07. The van der Waals surface area contributed by atoms with Crippen molar-refractivity contribution >= 4 is 0 Å². The molecule has 1 aromatic heterocycles. The summed E-state index contributed by atoms with van der Waals surface area (Å²) in [5.74, 6) is 0.102. The van der Waals surface area contributed by atoms with Crippen molar-refractivity contribution in [3.63, 3.8) is 0 Å². The molecule has 1 N–H and O–H groups in total. The van der Waals surface area contributed by atoms with Gasteiger partial charge in [-0.05, 0) is 18.2 Å². The van der Waals surface area contributed by atoms with E-state index < -0.39 is 5.82 Å². The van der Waals surface area contributed by atoms with Gasteiger partial charge in [-0.3, -0.25) is 4.79 Å². The minimum absolute atomic E-state index is 0.344. The number of ether oxygens (including phenoxy) is 1. The predicted octanol–water partition coefficient (Wildman–Crippen LogP) is 1.58. The van der Waals surface area contributed by atoms with Crippen LogP contribution in [0.4, 0.5) is 4.39 Å². The second-order valence-corrected chi connectivity index (χ2v) is 3.18. The molecule has 2 aromatic rings. The van der Waals surface area contributed by atoms with Gasteiger partial charge in [0.2, 0.25) is 0 Å². The molecule has 1 aromatic carbocycles. The smallest absolute Gasteiger partial charge is 0.264 e. The first-order valence-electron chi connectivity index (χ1n) is 4.59. The summed E-state index contributed by atoms with van der Waals surface area (Å²) < 4.78 is 18.2. The summed E-state index contributed by atoms with van der Waals surface area (Å²) in [6, 6.07) is 5.44. The number of H-pyrrole nitrogens is 1. The number of aromatic amines is 1. The molecule has 82 valence electrons. The SMILES string of the molecule is COc1ccc(F)cc1-c1cn[nH]c(=O)c1. The van der Waals surface area contributed by atoms with Gasteiger partial charge < -0.3 is 4.74 Å². The molecule has 0 bridgehead atoms. The number of hydrogen-bond acceptors (Lipinski definition) is 3. The molecule has 4 nitrogen and oxygen atoms in total. The third-order valence-corrected chi connectivity index (χ3v) is 2.14. The van der Waals surface area contributed by atoms with Crippen LogP contribution in [0.25, 0.3) is 11.1 Å². The van der Waals surface area contributed by atoms with Crippen molar-refractivity contribution in [2.24, 2.45) is 0 Å². The number of rotatable bonds is 2. The number of hydrogen-bond donors (Lipinski definition) is 1. The Morgan fingerprint density at radius 2 is 2.19 bits per heavy atom. The zero-order valence-corrected chi connectivity index (χ0v) is 8.53. The molecule has 0 aliphatic rings. The Hall–Kier alpha value is -2.17. The van der Waals surface area contributed by atoms with Gasteiger partial charge in [0, 0.05) is 17.2 Å². The maximum atomic E-state index is 13.1. The van der Waals surface area contributed by atoms with Crippen LogP contribution in [-0.2, 0) is 0 Å². The average molecular weight is 220 g/mol. The van der Waals surface area contributed by atoms with Crippen molar-refractivity contribution in [3.05, 3.63) is 46.6 Å². The second-order valence-electron chi connectivity index (χ2n) is 3.18. The topological polar surface area (TPSA) is 55.0 Å². The van der Waals surface area contributed by atoms with Crippen molar-refractivity contribution < 1.29 is 9.13 Å². The fraction of sp³-hybridized carbons (Fsp3) is 0.0909. The molecular formula is C11H9FN2O2. The number of nitrogens with one attached hydrogen (secondary N) is 1. The van der Waals surface area contributed by atoms with E-state index in [9.17, 15) is 9.18 Å². The lowest BCUT2D eigenvalue weighted by Gasteiger charge is -2.07. The zero-order chi connectivity index (χ0) is 11.5. The van der Waals surface area contributed by atoms with Crippen LogP contribution < -0.4 is 10.3 Å². The summed E-state index contributed by atoms with van der Waals surface area (Å²) in [5, 5.41) is 5.90. The highest BCUT2D eigenvalue weighted by molar-refractivity contribution is 5.69. The van der Waals surface area contributed by atoms with Gasteiger partial charge in [0.1, 0.15) is 11.6 Å². The number of aromatic nitrogens is 2. The third kappa shape index (κ3) is 1.93. The van der Waals surface area contributed by atoms with E-state index in [-0.39, 0.29) is 5.56 Å². The minimum atomic E-state index is -0.393. The fourth-order valence-corrected chi connectivity index (χ4v) is 1.43. The molecule has 0 radical (unpaired) electrons. The number of halogens is 1. The van der Waals surface area contributed by atoms with Crippen LogP contribution >= 0.6 is 0 Å². The molecule has 0 unspecified atom stereocenters. The molecular weight excluding hydrogens is 211 g/mol. The highest BCUT2D eigenvalue weighted by atomic mass is 19.1. The van der Waals surface area contributed by atoms with Crippen LogP contribution in [0.15, 0.2) is 35.3 Å². The summed E-state index contributed by atoms with van der Waals surface area (Å²) in [6.45, 7) is 0. The normalized spacial score (nSPS) is 10.1. The first kappa shape index (κ1) is 10.4. The Labute approximate surface area is 90.7 Å². The lowest BCUT2D eigenvalue weighted by molar-refractivity contribution is 0.415. The Balaban J connectivity index is 2.62. The van der Waals surface area contributed by atoms with Crippen molar-refractivity contribution in [1.29, 1.82) is 0 Å². The Kier molecular flexibility index (Phi) is 2.68. The van der Waals surface area contributed by atoms with Crippen LogP contribution in [0.2, 0.25) is 0 Å². The van der Waals surface area contributed by atoms with Crippen molar-refractivity contribution in [3.8, 4) is 16.9 Å². The maximum Gasteiger partial charge on any atom is 0.264 e. The molecule has 2 rings (SSSR count). The molecule has 0 aliphatic carbocycles. The fourth-order valence-electron chi connectivity index (χ4n) is 1.43. The summed E-state index contributed by atoms with van der Waals surface area (Å²) >= 11 is 0. The van der Waals surface area contributed by atoms with E-state index in [1.165, 1.54) is 37.6 Å². The van der Waals surface area contributed by atoms with Gasteiger partial charge in [0.15, 0.2) is 0 Å². The molecule has 0 atom stereocenters. The Bertz CT molecular complexity index is 566. The Morgan fingerprint density at radius 1 is 1.38 bits per heavy atom. The van der Waals surface area contributed by atoms with Crippen molar-refractivity contribution in [2.75, 3.05) is 7.11 Å². The molecule has 0 saturated heterocycles. The molecule has 0 amide bonds.